The molecule has 112 valence electrons. The van der Waals surface area contributed by atoms with E-state index in [0.717, 1.165) is 16.5 Å². The Balaban J connectivity index is 1.54. The van der Waals surface area contributed by atoms with Gasteiger partial charge in [0.25, 0.3) is 0 Å². The highest BCUT2D eigenvalue weighted by Crippen LogP contribution is 2.13. The molecule has 0 fully saturated rings. The zero-order valence-corrected chi connectivity index (χ0v) is 12.8. The zero-order valence-electron chi connectivity index (χ0n) is 12.0. The van der Waals surface area contributed by atoms with Crippen LogP contribution in [-0.2, 0) is 17.9 Å². The molecule has 1 heterocycles. The number of carbonyl (C=O) groups is 1. The molecule has 3 rings (SSSR count). The van der Waals surface area contributed by atoms with Gasteiger partial charge in [0.05, 0.1) is 18.3 Å². The van der Waals surface area contributed by atoms with E-state index in [4.69, 9.17) is 11.6 Å². The molecule has 0 radical (unpaired) electrons. The lowest BCUT2D eigenvalue weighted by Crippen LogP contribution is -2.24. The second-order valence-corrected chi connectivity index (χ2v) is 5.52. The van der Waals surface area contributed by atoms with Crippen molar-refractivity contribution in [2.45, 2.75) is 19.5 Å². The Kier molecular flexibility index (Phi) is 4.39. The van der Waals surface area contributed by atoms with Gasteiger partial charge in [-0.1, -0.05) is 41.9 Å². The minimum Gasteiger partial charge on any atom is -0.352 e. The molecule has 0 spiro atoms. The number of amides is 1. The molecule has 1 amide bonds. The number of para-hydroxylation sites is 1. The minimum atomic E-state index is -0.000411. The molecule has 22 heavy (non-hydrogen) atoms. The first-order chi connectivity index (χ1) is 10.7. The van der Waals surface area contributed by atoms with Crippen LogP contribution in [0.25, 0.3) is 10.9 Å². The average molecular weight is 314 g/mol. The highest BCUT2D eigenvalue weighted by molar-refractivity contribution is 6.30. The van der Waals surface area contributed by atoms with E-state index in [1.807, 2.05) is 59.4 Å². The third kappa shape index (κ3) is 3.46. The second-order valence-electron chi connectivity index (χ2n) is 5.08. The number of nitrogens with one attached hydrogen (secondary N) is 1. The first-order valence-electron chi connectivity index (χ1n) is 7.14. The van der Waals surface area contributed by atoms with Crippen LogP contribution in [0.3, 0.4) is 0 Å². The maximum atomic E-state index is 11.9. The molecule has 0 aliphatic carbocycles. The summed E-state index contributed by atoms with van der Waals surface area (Å²) >= 11 is 5.92. The monoisotopic (exact) mass is 313 g/mol. The van der Waals surface area contributed by atoms with Gasteiger partial charge in [-0.25, -0.2) is 0 Å². The van der Waals surface area contributed by atoms with Gasteiger partial charge in [-0.05, 0) is 23.8 Å². The van der Waals surface area contributed by atoms with E-state index < -0.39 is 0 Å². The van der Waals surface area contributed by atoms with Gasteiger partial charge in [0, 0.05) is 23.4 Å². The Morgan fingerprint density at radius 3 is 2.91 bits per heavy atom. The molecule has 5 heteroatoms. The van der Waals surface area contributed by atoms with E-state index in [0.29, 0.717) is 24.5 Å². The lowest BCUT2D eigenvalue weighted by Gasteiger charge is -2.07. The topological polar surface area (TPSA) is 46.9 Å². The van der Waals surface area contributed by atoms with Crippen LogP contribution >= 0.6 is 11.6 Å². The normalized spacial score (nSPS) is 10.8. The van der Waals surface area contributed by atoms with Crippen molar-refractivity contribution in [3.05, 3.63) is 65.3 Å². The number of fused-ring (bicyclic) bond motifs is 1. The molecule has 3 aromatic rings. The van der Waals surface area contributed by atoms with Crippen molar-refractivity contribution in [1.29, 1.82) is 0 Å². The van der Waals surface area contributed by atoms with Crippen molar-refractivity contribution in [2.24, 2.45) is 0 Å². The van der Waals surface area contributed by atoms with Gasteiger partial charge in [0.1, 0.15) is 0 Å². The second kappa shape index (κ2) is 6.62. The average Bonchev–Trinajstić information content (AvgIpc) is 2.94. The van der Waals surface area contributed by atoms with Crippen LogP contribution in [-0.4, -0.2) is 15.7 Å². The molecule has 0 unspecified atom stereocenters. The molecule has 2 aromatic carbocycles. The molecule has 4 nitrogen and oxygen atoms in total. The smallest absolute Gasteiger partial charge is 0.222 e. The molecule has 0 bridgehead atoms. The summed E-state index contributed by atoms with van der Waals surface area (Å²) in [6, 6.07) is 15.4. The van der Waals surface area contributed by atoms with Gasteiger partial charge < -0.3 is 5.32 Å². The van der Waals surface area contributed by atoms with E-state index in [1.165, 1.54) is 0 Å². The van der Waals surface area contributed by atoms with Crippen molar-refractivity contribution in [3.8, 4) is 0 Å². The summed E-state index contributed by atoms with van der Waals surface area (Å²) in [4.78, 5) is 11.9. The van der Waals surface area contributed by atoms with Crippen LogP contribution in [0.4, 0.5) is 0 Å². The van der Waals surface area contributed by atoms with Crippen LogP contribution in [0, 0.1) is 0 Å². The third-order valence-corrected chi connectivity index (χ3v) is 3.72. The number of aryl methyl sites for hydroxylation is 1. The quantitative estimate of drug-likeness (QED) is 0.785. The molecule has 1 aromatic heterocycles. The van der Waals surface area contributed by atoms with E-state index in [1.54, 1.807) is 0 Å². The standard InChI is InChI=1S/C17H16ClN3O/c18-15-6-3-4-13(10-15)11-19-17(22)8-9-21-16-7-2-1-5-14(16)12-20-21/h1-7,10,12H,8-9,11H2,(H,19,22). The summed E-state index contributed by atoms with van der Waals surface area (Å²) in [5.41, 5.74) is 2.04. The van der Waals surface area contributed by atoms with Gasteiger partial charge in [-0.2, -0.15) is 5.10 Å². The minimum absolute atomic E-state index is 0.000411. The Hall–Kier alpha value is -2.33. The summed E-state index contributed by atoms with van der Waals surface area (Å²) in [7, 11) is 0. The molecule has 1 N–H and O–H groups in total. The van der Waals surface area contributed by atoms with Crippen LogP contribution in [0.2, 0.25) is 5.02 Å². The summed E-state index contributed by atoms with van der Waals surface area (Å²) in [5, 5.41) is 8.98. The number of aromatic nitrogens is 2. The van der Waals surface area contributed by atoms with Gasteiger partial charge >= 0.3 is 0 Å². The number of nitrogens with zero attached hydrogens (tertiary/aromatic N) is 2. The van der Waals surface area contributed by atoms with Crippen molar-refractivity contribution in [3.63, 3.8) is 0 Å². The fraction of sp³-hybridized carbons (Fsp3) is 0.176. The fourth-order valence-corrected chi connectivity index (χ4v) is 2.56. The molecule has 0 saturated heterocycles. The first kappa shape index (κ1) is 14.6. The fourth-order valence-electron chi connectivity index (χ4n) is 2.35. The number of halogens is 1. The summed E-state index contributed by atoms with van der Waals surface area (Å²) in [6.07, 6.45) is 2.21. The van der Waals surface area contributed by atoms with Crippen LogP contribution in [0.1, 0.15) is 12.0 Å². The van der Waals surface area contributed by atoms with E-state index >= 15 is 0 Å². The van der Waals surface area contributed by atoms with Crippen LogP contribution < -0.4 is 5.32 Å². The highest BCUT2D eigenvalue weighted by atomic mass is 35.5. The van der Waals surface area contributed by atoms with E-state index in [2.05, 4.69) is 10.4 Å². The maximum absolute atomic E-state index is 11.9. The van der Waals surface area contributed by atoms with E-state index in [-0.39, 0.29) is 5.91 Å². The number of benzene rings is 2. The largest absolute Gasteiger partial charge is 0.352 e. The first-order valence-corrected chi connectivity index (χ1v) is 7.52. The Morgan fingerprint density at radius 2 is 2.05 bits per heavy atom. The van der Waals surface area contributed by atoms with Crippen LogP contribution in [0.15, 0.2) is 54.7 Å². The SMILES string of the molecule is O=C(CCn1ncc2ccccc21)NCc1cccc(Cl)c1. The van der Waals surface area contributed by atoms with Crippen LogP contribution in [0.5, 0.6) is 0 Å². The Morgan fingerprint density at radius 1 is 1.18 bits per heavy atom. The lowest BCUT2D eigenvalue weighted by atomic mass is 10.2. The third-order valence-electron chi connectivity index (χ3n) is 3.48. The summed E-state index contributed by atoms with van der Waals surface area (Å²) in [6.45, 7) is 1.05. The van der Waals surface area contributed by atoms with Crippen molar-refractivity contribution < 1.29 is 4.79 Å². The maximum Gasteiger partial charge on any atom is 0.222 e. The van der Waals surface area contributed by atoms with Gasteiger partial charge in [-0.3, -0.25) is 9.48 Å². The highest BCUT2D eigenvalue weighted by Gasteiger charge is 2.05. The van der Waals surface area contributed by atoms with Crippen molar-refractivity contribution in [1.82, 2.24) is 15.1 Å². The van der Waals surface area contributed by atoms with Crippen molar-refractivity contribution in [2.75, 3.05) is 0 Å². The zero-order chi connectivity index (χ0) is 15.4. The number of carbonyl (C=O) groups excluding carboxylic acids is 1. The molecular formula is C17H16ClN3O. The van der Waals surface area contributed by atoms with Gasteiger partial charge in [0.2, 0.25) is 5.91 Å². The molecule has 0 aliphatic rings. The summed E-state index contributed by atoms with van der Waals surface area (Å²) in [5.74, 6) is -0.000411. The predicted octanol–water partition coefficient (Wildman–Crippen LogP) is 3.40. The Bertz CT molecular complexity index is 797. The number of hydrogen-bond acceptors (Lipinski definition) is 2. The number of rotatable bonds is 5. The molecule has 0 aliphatic heterocycles. The summed E-state index contributed by atoms with van der Waals surface area (Å²) < 4.78 is 1.86. The van der Waals surface area contributed by atoms with E-state index in [9.17, 15) is 4.79 Å². The predicted molar refractivity (Wildman–Crippen MR) is 87.6 cm³/mol. The van der Waals surface area contributed by atoms with Crippen molar-refractivity contribution >= 4 is 28.4 Å². The molecular weight excluding hydrogens is 298 g/mol. The van der Waals surface area contributed by atoms with Gasteiger partial charge in [-0.15, -0.1) is 0 Å². The Labute approximate surface area is 133 Å². The molecule has 0 saturated carbocycles. The number of hydrogen-bond donors (Lipinski definition) is 1. The molecule has 0 atom stereocenters. The van der Waals surface area contributed by atoms with Gasteiger partial charge in [0.15, 0.2) is 0 Å². The lowest BCUT2D eigenvalue weighted by molar-refractivity contribution is -0.121.